The van der Waals surface area contributed by atoms with Crippen LogP contribution in [0.15, 0.2) is 24.3 Å². The van der Waals surface area contributed by atoms with E-state index in [1.807, 2.05) is 38.1 Å². The van der Waals surface area contributed by atoms with Crippen LogP contribution < -0.4 is 4.74 Å². The van der Waals surface area contributed by atoms with Gasteiger partial charge in [0.15, 0.2) is 6.10 Å². The van der Waals surface area contributed by atoms with Crippen LogP contribution in [0.4, 0.5) is 0 Å². The zero-order chi connectivity index (χ0) is 14.3. The molecule has 1 atom stereocenters. The normalized spacial score (nSPS) is 12.0. The minimum absolute atomic E-state index is 0.0249. The third kappa shape index (κ3) is 4.91. The first-order valence-corrected chi connectivity index (χ1v) is 6.71. The number of aliphatic hydroxyl groups is 1. The van der Waals surface area contributed by atoms with Gasteiger partial charge in [-0.15, -0.1) is 0 Å². The van der Waals surface area contributed by atoms with E-state index in [-0.39, 0.29) is 12.5 Å². The minimum Gasteiger partial charge on any atom is -0.481 e. The van der Waals surface area contributed by atoms with Gasteiger partial charge < -0.3 is 14.7 Å². The zero-order valence-electron chi connectivity index (χ0n) is 11.9. The third-order valence-electron chi connectivity index (χ3n) is 2.83. The van der Waals surface area contributed by atoms with Gasteiger partial charge in [0.1, 0.15) is 5.75 Å². The summed E-state index contributed by atoms with van der Waals surface area (Å²) in [6, 6.07) is 7.63. The number of aliphatic hydroxyl groups excluding tert-OH is 1. The van der Waals surface area contributed by atoms with E-state index in [9.17, 15) is 4.79 Å². The molecule has 1 amide bonds. The Morgan fingerprint density at radius 2 is 2.16 bits per heavy atom. The smallest absolute Gasteiger partial charge is 0.263 e. The Morgan fingerprint density at radius 3 is 2.74 bits per heavy atom. The van der Waals surface area contributed by atoms with Gasteiger partial charge in [0.2, 0.25) is 0 Å². The van der Waals surface area contributed by atoms with Crippen molar-refractivity contribution >= 4 is 5.91 Å². The fourth-order valence-corrected chi connectivity index (χ4v) is 1.92. The van der Waals surface area contributed by atoms with Crippen LogP contribution in [-0.4, -0.2) is 41.7 Å². The Labute approximate surface area is 115 Å². The van der Waals surface area contributed by atoms with Crippen molar-refractivity contribution in [3.8, 4) is 5.75 Å². The third-order valence-corrected chi connectivity index (χ3v) is 2.83. The fourth-order valence-electron chi connectivity index (χ4n) is 1.92. The lowest BCUT2D eigenvalue weighted by atomic mass is 10.2. The lowest BCUT2D eigenvalue weighted by Crippen LogP contribution is -2.42. The summed E-state index contributed by atoms with van der Waals surface area (Å²) >= 11 is 0. The lowest BCUT2D eigenvalue weighted by Gasteiger charge is -2.25. The van der Waals surface area contributed by atoms with E-state index < -0.39 is 6.10 Å². The van der Waals surface area contributed by atoms with Gasteiger partial charge in [0, 0.05) is 13.1 Å². The van der Waals surface area contributed by atoms with Crippen LogP contribution in [0.2, 0.25) is 0 Å². The van der Waals surface area contributed by atoms with Gasteiger partial charge in [0.25, 0.3) is 5.91 Å². The summed E-state index contributed by atoms with van der Waals surface area (Å²) in [6.45, 7) is 6.70. The van der Waals surface area contributed by atoms with Crippen LogP contribution in [0.1, 0.15) is 25.8 Å². The molecular formula is C15H23NO3. The summed E-state index contributed by atoms with van der Waals surface area (Å²) in [7, 11) is 0. The molecule has 1 unspecified atom stereocenters. The van der Waals surface area contributed by atoms with E-state index in [2.05, 4.69) is 0 Å². The Bertz CT molecular complexity index is 400. The summed E-state index contributed by atoms with van der Waals surface area (Å²) in [4.78, 5) is 13.8. The van der Waals surface area contributed by atoms with Crippen LogP contribution in [0.25, 0.3) is 0 Å². The zero-order valence-corrected chi connectivity index (χ0v) is 11.9. The SMILES string of the molecule is CCCN(CCO)C(=O)C(C)Oc1cccc(C)c1. The van der Waals surface area contributed by atoms with E-state index in [4.69, 9.17) is 9.84 Å². The molecule has 0 aliphatic heterocycles. The highest BCUT2D eigenvalue weighted by Crippen LogP contribution is 2.15. The molecule has 1 aromatic carbocycles. The maximum atomic E-state index is 12.2. The van der Waals surface area contributed by atoms with Crippen LogP contribution in [0, 0.1) is 6.92 Å². The first-order chi connectivity index (χ1) is 9.08. The molecule has 0 fully saturated rings. The van der Waals surface area contributed by atoms with Crippen LogP contribution in [0.5, 0.6) is 5.75 Å². The Balaban J connectivity index is 2.65. The number of nitrogens with zero attached hydrogens (tertiary/aromatic N) is 1. The number of carbonyl (C=O) groups excluding carboxylic acids is 1. The first-order valence-electron chi connectivity index (χ1n) is 6.71. The Kier molecular flexibility index (Phi) is 6.36. The van der Waals surface area contributed by atoms with Gasteiger partial charge in [-0.1, -0.05) is 19.1 Å². The molecule has 1 N–H and O–H groups in total. The summed E-state index contributed by atoms with van der Waals surface area (Å²) in [5.41, 5.74) is 1.10. The van der Waals surface area contributed by atoms with Gasteiger partial charge in [-0.05, 0) is 38.0 Å². The predicted octanol–water partition coefficient (Wildman–Crippen LogP) is 1.99. The van der Waals surface area contributed by atoms with Crippen molar-refractivity contribution < 1.29 is 14.6 Å². The number of carbonyl (C=O) groups is 1. The van der Waals surface area contributed by atoms with Crippen molar-refractivity contribution in [2.75, 3.05) is 19.7 Å². The molecule has 4 heteroatoms. The van der Waals surface area contributed by atoms with Crippen LogP contribution in [0.3, 0.4) is 0 Å². The molecule has 0 saturated carbocycles. The molecule has 0 bridgehead atoms. The molecule has 0 spiro atoms. The summed E-state index contributed by atoms with van der Waals surface area (Å²) in [6.07, 6.45) is 0.322. The van der Waals surface area contributed by atoms with Gasteiger partial charge in [-0.25, -0.2) is 0 Å². The van der Waals surface area contributed by atoms with Gasteiger partial charge in [-0.2, -0.15) is 0 Å². The fraction of sp³-hybridized carbons (Fsp3) is 0.533. The molecular weight excluding hydrogens is 242 g/mol. The number of hydrogen-bond donors (Lipinski definition) is 1. The van der Waals surface area contributed by atoms with Crippen molar-refractivity contribution in [3.05, 3.63) is 29.8 Å². The highest BCUT2D eigenvalue weighted by Gasteiger charge is 2.21. The minimum atomic E-state index is -0.542. The second-order valence-corrected chi connectivity index (χ2v) is 4.63. The summed E-state index contributed by atoms with van der Waals surface area (Å²) in [5, 5.41) is 8.99. The number of ether oxygens (including phenoxy) is 1. The topological polar surface area (TPSA) is 49.8 Å². The van der Waals surface area contributed by atoms with Crippen molar-refractivity contribution in [1.82, 2.24) is 4.90 Å². The standard InChI is InChI=1S/C15H23NO3/c1-4-8-16(9-10-17)15(18)13(3)19-14-7-5-6-12(2)11-14/h5-7,11,13,17H,4,8-10H2,1-3H3. The summed E-state index contributed by atoms with van der Waals surface area (Å²) in [5.74, 6) is 0.610. The van der Waals surface area contributed by atoms with Crippen molar-refractivity contribution in [2.45, 2.75) is 33.3 Å². The highest BCUT2D eigenvalue weighted by atomic mass is 16.5. The van der Waals surface area contributed by atoms with Crippen LogP contribution >= 0.6 is 0 Å². The monoisotopic (exact) mass is 265 g/mol. The molecule has 0 aliphatic carbocycles. The van der Waals surface area contributed by atoms with Crippen molar-refractivity contribution in [2.24, 2.45) is 0 Å². The molecule has 0 aliphatic rings. The maximum Gasteiger partial charge on any atom is 0.263 e. The molecule has 106 valence electrons. The number of benzene rings is 1. The highest BCUT2D eigenvalue weighted by molar-refractivity contribution is 5.80. The first kappa shape index (κ1) is 15.5. The van der Waals surface area contributed by atoms with Crippen molar-refractivity contribution in [3.63, 3.8) is 0 Å². The molecule has 0 saturated heterocycles. The maximum absolute atomic E-state index is 12.2. The Hall–Kier alpha value is -1.55. The number of amides is 1. The molecule has 1 rings (SSSR count). The van der Waals surface area contributed by atoms with E-state index in [1.54, 1.807) is 11.8 Å². The predicted molar refractivity (Wildman–Crippen MR) is 75.2 cm³/mol. The van der Waals surface area contributed by atoms with Crippen LogP contribution in [-0.2, 0) is 4.79 Å². The van der Waals surface area contributed by atoms with Gasteiger partial charge >= 0.3 is 0 Å². The average molecular weight is 265 g/mol. The van der Waals surface area contributed by atoms with E-state index >= 15 is 0 Å². The average Bonchev–Trinajstić information content (AvgIpc) is 2.37. The van der Waals surface area contributed by atoms with Crippen molar-refractivity contribution in [1.29, 1.82) is 0 Å². The molecule has 0 radical (unpaired) electrons. The number of hydrogen-bond acceptors (Lipinski definition) is 3. The van der Waals surface area contributed by atoms with E-state index in [1.165, 1.54) is 0 Å². The number of aryl methyl sites for hydroxylation is 1. The van der Waals surface area contributed by atoms with Gasteiger partial charge in [0.05, 0.1) is 6.61 Å². The molecule has 0 aromatic heterocycles. The molecule has 19 heavy (non-hydrogen) atoms. The molecule has 0 heterocycles. The lowest BCUT2D eigenvalue weighted by molar-refractivity contribution is -0.138. The molecule has 4 nitrogen and oxygen atoms in total. The number of rotatable bonds is 7. The second-order valence-electron chi connectivity index (χ2n) is 4.63. The van der Waals surface area contributed by atoms with E-state index in [0.717, 1.165) is 12.0 Å². The van der Waals surface area contributed by atoms with E-state index in [0.29, 0.717) is 18.8 Å². The van der Waals surface area contributed by atoms with Gasteiger partial charge in [-0.3, -0.25) is 4.79 Å². The quantitative estimate of drug-likeness (QED) is 0.820. The molecule has 1 aromatic rings. The Morgan fingerprint density at radius 1 is 1.42 bits per heavy atom. The second kappa shape index (κ2) is 7.79. The summed E-state index contributed by atoms with van der Waals surface area (Å²) < 4.78 is 5.66. The largest absolute Gasteiger partial charge is 0.481 e.